The summed E-state index contributed by atoms with van der Waals surface area (Å²) in [5, 5.41) is 0. The van der Waals surface area contributed by atoms with Crippen molar-refractivity contribution >= 4 is 49.0 Å². The van der Waals surface area contributed by atoms with E-state index in [0.29, 0.717) is 12.2 Å². The number of carbonyl (C=O) groups excluding carboxylic acids is 1. The van der Waals surface area contributed by atoms with Gasteiger partial charge < -0.3 is 9.47 Å². The fourth-order valence-corrected chi connectivity index (χ4v) is 4.45. The van der Waals surface area contributed by atoms with Crippen LogP contribution in [0.15, 0.2) is 37.9 Å². The van der Waals surface area contributed by atoms with Crippen LogP contribution in [-0.4, -0.2) is 19.5 Å². The molecule has 0 aliphatic rings. The second kappa shape index (κ2) is 7.36. The number of Topliss-reactive ketones (excluding diaryl/α,β-unsaturated/α-hetero) is 1. The van der Waals surface area contributed by atoms with E-state index < -0.39 is 0 Å². The average molecular weight is 420 g/mol. The third-order valence-corrected chi connectivity index (χ3v) is 4.96. The Balaban J connectivity index is 1.86. The fourth-order valence-electron chi connectivity index (χ4n) is 1.59. The molecule has 6 heteroatoms. The number of thiophene rings is 1. The molecular formula is C14H12Br2O3S. The molecule has 0 atom stereocenters. The molecule has 0 saturated carbocycles. The normalized spacial score (nSPS) is 10.6. The molecule has 0 bridgehead atoms. The van der Waals surface area contributed by atoms with Crippen LogP contribution in [0.2, 0.25) is 0 Å². The zero-order chi connectivity index (χ0) is 14.5. The van der Waals surface area contributed by atoms with Crippen LogP contribution >= 0.6 is 43.2 Å². The molecule has 106 valence electrons. The Morgan fingerprint density at radius 3 is 2.50 bits per heavy atom. The number of ether oxygens (including phenoxy) is 2. The van der Waals surface area contributed by atoms with Gasteiger partial charge in [0.25, 0.3) is 0 Å². The lowest BCUT2D eigenvalue weighted by atomic mass is 10.2. The maximum Gasteiger partial charge on any atom is 0.190 e. The van der Waals surface area contributed by atoms with Crippen LogP contribution in [0.5, 0.6) is 5.75 Å². The Morgan fingerprint density at radius 1 is 1.25 bits per heavy atom. The van der Waals surface area contributed by atoms with Gasteiger partial charge in [-0.3, -0.25) is 4.79 Å². The third kappa shape index (κ3) is 4.15. The van der Waals surface area contributed by atoms with Crippen LogP contribution in [0.1, 0.15) is 15.9 Å². The highest BCUT2D eigenvalue weighted by atomic mass is 79.9. The highest BCUT2D eigenvalue weighted by Crippen LogP contribution is 2.32. The summed E-state index contributed by atoms with van der Waals surface area (Å²) in [5.74, 6) is 0.768. The Bertz CT molecular complexity index is 593. The fraction of sp³-hybridized carbons (Fsp3) is 0.214. The molecule has 0 aliphatic heterocycles. The van der Waals surface area contributed by atoms with E-state index in [4.69, 9.17) is 9.47 Å². The number of halogens is 2. The summed E-state index contributed by atoms with van der Waals surface area (Å²) in [6.07, 6.45) is 0. The second-order valence-electron chi connectivity index (χ2n) is 4.00. The van der Waals surface area contributed by atoms with E-state index in [-0.39, 0.29) is 12.4 Å². The predicted octanol–water partition coefficient (Wildman–Crippen LogP) is 4.68. The predicted molar refractivity (Wildman–Crippen MR) is 86.7 cm³/mol. The Labute approximate surface area is 138 Å². The molecule has 2 aromatic rings. The van der Waals surface area contributed by atoms with Crippen LogP contribution in [0.4, 0.5) is 0 Å². The monoisotopic (exact) mass is 418 g/mol. The number of rotatable bonds is 6. The Morgan fingerprint density at radius 2 is 1.95 bits per heavy atom. The van der Waals surface area contributed by atoms with Gasteiger partial charge >= 0.3 is 0 Å². The molecule has 1 heterocycles. The first-order valence-corrected chi connectivity index (χ1v) is 8.19. The molecule has 2 rings (SSSR count). The topological polar surface area (TPSA) is 35.5 Å². The van der Waals surface area contributed by atoms with Crippen molar-refractivity contribution in [2.24, 2.45) is 0 Å². The highest BCUT2D eigenvalue weighted by molar-refractivity contribution is 9.12. The minimum Gasteiger partial charge on any atom is -0.497 e. The van der Waals surface area contributed by atoms with Crippen molar-refractivity contribution in [1.82, 2.24) is 0 Å². The lowest BCUT2D eigenvalue weighted by molar-refractivity contribution is 0.0726. The molecule has 1 aromatic heterocycles. The van der Waals surface area contributed by atoms with Crippen molar-refractivity contribution in [3.8, 4) is 5.75 Å². The van der Waals surface area contributed by atoms with Gasteiger partial charge in [0, 0.05) is 5.56 Å². The van der Waals surface area contributed by atoms with E-state index >= 15 is 0 Å². The number of carbonyl (C=O) groups is 1. The molecular weight excluding hydrogens is 408 g/mol. The highest BCUT2D eigenvalue weighted by Gasteiger charge is 2.13. The number of ketones is 1. The zero-order valence-corrected chi connectivity index (χ0v) is 14.7. The zero-order valence-electron chi connectivity index (χ0n) is 10.7. The van der Waals surface area contributed by atoms with Gasteiger partial charge in [-0.15, -0.1) is 11.3 Å². The van der Waals surface area contributed by atoms with Crippen LogP contribution in [-0.2, 0) is 11.3 Å². The average Bonchev–Trinajstić information content (AvgIpc) is 2.78. The van der Waals surface area contributed by atoms with Crippen molar-refractivity contribution in [2.75, 3.05) is 13.7 Å². The lowest BCUT2D eigenvalue weighted by Gasteiger charge is -2.05. The summed E-state index contributed by atoms with van der Waals surface area (Å²) >= 11 is 8.20. The number of benzene rings is 1. The summed E-state index contributed by atoms with van der Waals surface area (Å²) in [4.78, 5) is 12.0. The Hall–Kier alpha value is -0.690. The van der Waals surface area contributed by atoms with Crippen molar-refractivity contribution in [3.63, 3.8) is 0 Å². The van der Waals surface area contributed by atoms with Crippen LogP contribution in [0.3, 0.4) is 0 Å². The van der Waals surface area contributed by atoms with Crippen LogP contribution in [0, 0.1) is 0 Å². The van der Waals surface area contributed by atoms with Crippen LogP contribution in [0.25, 0.3) is 0 Å². The second-order valence-corrected chi connectivity index (χ2v) is 7.75. The first-order valence-electron chi connectivity index (χ1n) is 5.79. The summed E-state index contributed by atoms with van der Waals surface area (Å²) in [5.41, 5.74) is 1.65. The summed E-state index contributed by atoms with van der Waals surface area (Å²) in [6.45, 7) is 0.465. The summed E-state index contributed by atoms with van der Waals surface area (Å²) in [7, 11) is 1.63. The summed E-state index contributed by atoms with van der Waals surface area (Å²) < 4.78 is 12.3. The van der Waals surface area contributed by atoms with Crippen molar-refractivity contribution in [1.29, 1.82) is 0 Å². The number of methoxy groups -OCH3 is 1. The van der Waals surface area contributed by atoms with E-state index in [9.17, 15) is 4.79 Å². The molecule has 0 N–H and O–H groups in total. The minimum atomic E-state index is -0.0349. The molecule has 20 heavy (non-hydrogen) atoms. The lowest BCUT2D eigenvalue weighted by Crippen LogP contribution is -2.08. The summed E-state index contributed by atoms with van der Waals surface area (Å²) in [6, 6.07) is 9.37. The first kappa shape index (κ1) is 15.7. The maximum absolute atomic E-state index is 12.0. The van der Waals surface area contributed by atoms with E-state index in [1.807, 2.05) is 24.3 Å². The van der Waals surface area contributed by atoms with Gasteiger partial charge in [-0.05, 0) is 55.6 Å². The van der Waals surface area contributed by atoms with Crippen molar-refractivity contribution in [2.45, 2.75) is 6.61 Å². The SMILES string of the molecule is COc1ccc(COCC(=O)c2cc(Br)sc2Br)cc1. The standard InChI is InChI=1S/C14H12Br2O3S/c1-18-10-4-2-9(3-5-10)7-19-8-12(17)11-6-13(15)20-14(11)16/h2-6H,7-8H2,1H3. The van der Waals surface area contributed by atoms with Gasteiger partial charge in [0.2, 0.25) is 0 Å². The van der Waals surface area contributed by atoms with Gasteiger partial charge in [-0.2, -0.15) is 0 Å². The molecule has 3 nitrogen and oxygen atoms in total. The van der Waals surface area contributed by atoms with Gasteiger partial charge in [0.1, 0.15) is 12.4 Å². The van der Waals surface area contributed by atoms with E-state index in [2.05, 4.69) is 31.9 Å². The van der Waals surface area contributed by atoms with Gasteiger partial charge in [0.05, 0.1) is 21.3 Å². The smallest absolute Gasteiger partial charge is 0.190 e. The molecule has 0 radical (unpaired) electrons. The number of hydrogen-bond acceptors (Lipinski definition) is 4. The maximum atomic E-state index is 12.0. The molecule has 0 unspecified atom stereocenters. The third-order valence-electron chi connectivity index (χ3n) is 2.62. The van der Waals surface area contributed by atoms with E-state index in [0.717, 1.165) is 18.9 Å². The van der Waals surface area contributed by atoms with Gasteiger partial charge in [0.15, 0.2) is 5.78 Å². The molecule has 0 spiro atoms. The Kier molecular flexibility index (Phi) is 5.77. The molecule has 0 aliphatic carbocycles. The van der Waals surface area contributed by atoms with E-state index in [1.165, 1.54) is 11.3 Å². The number of hydrogen-bond donors (Lipinski definition) is 0. The largest absolute Gasteiger partial charge is 0.497 e. The molecule has 0 amide bonds. The molecule has 1 aromatic carbocycles. The minimum absolute atomic E-state index is 0.0349. The quantitative estimate of drug-likeness (QED) is 0.637. The van der Waals surface area contributed by atoms with Crippen LogP contribution < -0.4 is 4.74 Å². The molecule has 0 fully saturated rings. The molecule has 0 saturated heterocycles. The van der Waals surface area contributed by atoms with E-state index in [1.54, 1.807) is 13.2 Å². The van der Waals surface area contributed by atoms with Gasteiger partial charge in [-0.25, -0.2) is 0 Å². The van der Waals surface area contributed by atoms with Crippen molar-refractivity contribution < 1.29 is 14.3 Å². The first-order chi connectivity index (χ1) is 9.60. The van der Waals surface area contributed by atoms with Gasteiger partial charge in [-0.1, -0.05) is 12.1 Å². The van der Waals surface area contributed by atoms with Crippen molar-refractivity contribution in [3.05, 3.63) is 49.0 Å².